The molecule has 242 valence electrons. The van der Waals surface area contributed by atoms with Crippen LogP contribution in [0, 0.1) is 0 Å². The van der Waals surface area contributed by atoms with Crippen LogP contribution < -0.4 is 9.47 Å². The van der Waals surface area contributed by atoms with Gasteiger partial charge in [0.2, 0.25) is 0 Å². The lowest BCUT2D eigenvalue weighted by atomic mass is 10.0. The summed E-state index contributed by atoms with van der Waals surface area (Å²) in [4.78, 5) is 15.5. The Morgan fingerprint density at radius 1 is 0.864 bits per heavy atom. The first-order chi connectivity index (χ1) is 20.9. The summed E-state index contributed by atoms with van der Waals surface area (Å²) >= 11 is 3.60. The molecule has 0 fully saturated rings. The third-order valence-corrected chi connectivity index (χ3v) is 14.6. The number of rotatable bonds is 19. The van der Waals surface area contributed by atoms with Gasteiger partial charge in [0.15, 0.2) is 8.32 Å². The van der Waals surface area contributed by atoms with Crippen LogP contribution in [0.15, 0.2) is 78.8 Å². The van der Waals surface area contributed by atoms with Crippen LogP contribution in [0.4, 0.5) is 4.79 Å². The highest BCUT2D eigenvalue weighted by atomic mass is 79.9. The molecule has 2 rings (SSSR count). The van der Waals surface area contributed by atoms with Crippen LogP contribution in [0.3, 0.4) is 0 Å². The van der Waals surface area contributed by atoms with E-state index < -0.39 is 14.4 Å². The highest BCUT2D eigenvalue weighted by Gasteiger charge is 2.46. The van der Waals surface area contributed by atoms with E-state index in [2.05, 4.69) is 77.2 Å². The maximum Gasteiger partial charge on any atom is 0.410 e. The molecule has 0 aromatic heterocycles. The van der Waals surface area contributed by atoms with Crippen molar-refractivity contribution >= 4 is 30.3 Å². The molecule has 9 heteroatoms. The fraction of sp³-hybridized carbons (Fsp3) is 0.457. The summed E-state index contributed by atoms with van der Waals surface area (Å²) in [6.07, 6.45) is 4.91. The first-order valence-electron chi connectivity index (χ1n) is 15.2. The molecular weight excluding hydrogens is 638 g/mol. The van der Waals surface area contributed by atoms with Crippen molar-refractivity contribution in [2.75, 3.05) is 26.4 Å². The van der Waals surface area contributed by atoms with Crippen LogP contribution in [0.5, 0.6) is 17.2 Å². The SMILES string of the molecule is C=CCOC(=O)N(Cc1cc(OCC=C)c(Br)c(OCC=C)c1)[C@H](CO[Si](C(C)C)(C(C)C)C(C)C)Cc1ccc(O)cc1. The second-order valence-corrected chi connectivity index (χ2v) is 18.0. The number of ether oxygens (including phenoxy) is 3. The molecular formula is C35H50BrNO6Si. The van der Waals surface area contributed by atoms with Crippen LogP contribution >= 0.6 is 15.9 Å². The van der Waals surface area contributed by atoms with Gasteiger partial charge < -0.3 is 23.7 Å². The molecule has 0 aliphatic heterocycles. The lowest BCUT2D eigenvalue weighted by Crippen LogP contribution is -2.52. The summed E-state index contributed by atoms with van der Waals surface area (Å²) in [5.41, 5.74) is 2.87. The van der Waals surface area contributed by atoms with Gasteiger partial charge >= 0.3 is 6.09 Å². The van der Waals surface area contributed by atoms with E-state index in [1.54, 1.807) is 35.3 Å². The molecule has 1 atom stereocenters. The van der Waals surface area contributed by atoms with E-state index >= 15 is 0 Å². The van der Waals surface area contributed by atoms with Gasteiger partial charge in [0.05, 0.1) is 12.6 Å². The Labute approximate surface area is 273 Å². The number of carbonyl (C=O) groups is 1. The molecule has 0 spiro atoms. The van der Waals surface area contributed by atoms with Crippen molar-refractivity contribution in [1.82, 2.24) is 4.90 Å². The van der Waals surface area contributed by atoms with Gasteiger partial charge in [0.1, 0.15) is 41.5 Å². The molecule has 0 saturated carbocycles. The number of halogens is 1. The van der Waals surface area contributed by atoms with E-state index in [1.165, 1.54) is 0 Å². The van der Waals surface area contributed by atoms with Gasteiger partial charge in [-0.15, -0.1) is 0 Å². The van der Waals surface area contributed by atoms with Gasteiger partial charge in [-0.25, -0.2) is 4.79 Å². The smallest absolute Gasteiger partial charge is 0.410 e. The molecule has 0 aliphatic carbocycles. The summed E-state index contributed by atoms with van der Waals surface area (Å²) in [5, 5.41) is 9.92. The van der Waals surface area contributed by atoms with Crippen LogP contribution in [0.1, 0.15) is 52.7 Å². The number of nitrogens with zero attached hydrogens (tertiary/aromatic N) is 1. The van der Waals surface area contributed by atoms with Crippen molar-refractivity contribution in [3.63, 3.8) is 0 Å². The van der Waals surface area contributed by atoms with Crippen molar-refractivity contribution in [1.29, 1.82) is 0 Å². The van der Waals surface area contributed by atoms with Gasteiger partial charge in [-0.2, -0.15) is 0 Å². The highest BCUT2D eigenvalue weighted by molar-refractivity contribution is 9.10. The Balaban J connectivity index is 2.64. The predicted octanol–water partition coefficient (Wildman–Crippen LogP) is 9.21. The fourth-order valence-electron chi connectivity index (χ4n) is 5.88. The van der Waals surface area contributed by atoms with E-state index in [1.807, 2.05) is 24.3 Å². The summed E-state index contributed by atoms with van der Waals surface area (Å²) in [6, 6.07) is 10.4. The van der Waals surface area contributed by atoms with E-state index in [0.29, 0.717) is 58.8 Å². The zero-order valence-electron chi connectivity index (χ0n) is 27.2. The van der Waals surface area contributed by atoms with Crippen LogP contribution in [-0.2, 0) is 22.1 Å². The Hall–Kier alpha value is -3.01. The van der Waals surface area contributed by atoms with Crippen molar-refractivity contribution in [3.8, 4) is 17.2 Å². The number of hydrogen-bond donors (Lipinski definition) is 1. The lowest BCUT2D eigenvalue weighted by Gasteiger charge is -2.44. The third kappa shape index (κ3) is 10.0. The van der Waals surface area contributed by atoms with E-state index in [0.717, 1.165) is 11.1 Å². The zero-order chi connectivity index (χ0) is 32.9. The first-order valence-corrected chi connectivity index (χ1v) is 18.1. The van der Waals surface area contributed by atoms with Crippen molar-refractivity contribution in [2.24, 2.45) is 0 Å². The molecule has 7 nitrogen and oxygen atoms in total. The number of amides is 1. The summed E-state index contributed by atoms with van der Waals surface area (Å²) in [5.74, 6) is 1.32. The molecule has 0 bridgehead atoms. The van der Waals surface area contributed by atoms with E-state index in [-0.39, 0.29) is 24.9 Å². The number of phenols is 1. The fourth-order valence-corrected chi connectivity index (χ4v) is 11.8. The highest BCUT2D eigenvalue weighted by Crippen LogP contribution is 2.43. The quantitative estimate of drug-likeness (QED) is 0.117. The summed E-state index contributed by atoms with van der Waals surface area (Å²) < 4.78 is 25.2. The standard InChI is InChI=1S/C35H50BrNO6Si/c1-10-17-40-32-21-29(22-33(34(32)36)41-18-11-2)23-37(35(39)42-19-12-3)30(20-28-13-15-31(38)16-14-28)24-43-44(25(4)5,26(6)7)27(8)9/h10-16,21-22,25-27,30,38H,1-3,17-20,23-24H2,4-9H3/t30-/m0/s1. The van der Waals surface area contributed by atoms with Gasteiger partial charge in [-0.3, -0.25) is 4.90 Å². The minimum absolute atomic E-state index is 0.0759. The largest absolute Gasteiger partial charge is 0.508 e. The van der Waals surface area contributed by atoms with Crippen molar-refractivity contribution < 1.29 is 28.5 Å². The monoisotopic (exact) mass is 687 g/mol. The average Bonchev–Trinajstić information content (AvgIpc) is 2.98. The number of hydrogen-bond acceptors (Lipinski definition) is 6. The third-order valence-electron chi connectivity index (χ3n) is 7.77. The second kappa shape index (κ2) is 18.1. The number of aromatic hydroxyl groups is 1. The molecule has 0 radical (unpaired) electrons. The molecule has 1 amide bonds. The van der Waals surface area contributed by atoms with Crippen molar-refractivity contribution in [2.45, 2.75) is 77.2 Å². The molecule has 0 aliphatic rings. The van der Waals surface area contributed by atoms with Crippen LogP contribution in [0.2, 0.25) is 16.6 Å². The molecule has 2 aromatic rings. The molecule has 2 aromatic carbocycles. The molecule has 0 saturated heterocycles. The molecule has 0 unspecified atom stereocenters. The molecule has 44 heavy (non-hydrogen) atoms. The topological polar surface area (TPSA) is 77.5 Å². The maximum absolute atomic E-state index is 13.8. The Bertz CT molecular complexity index is 1180. The predicted molar refractivity (Wildman–Crippen MR) is 185 cm³/mol. The minimum Gasteiger partial charge on any atom is -0.508 e. The zero-order valence-corrected chi connectivity index (χ0v) is 29.8. The van der Waals surface area contributed by atoms with Gasteiger partial charge in [-0.1, -0.05) is 91.6 Å². The van der Waals surface area contributed by atoms with E-state index in [9.17, 15) is 9.90 Å². The minimum atomic E-state index is -2.27. The Kier molecular flexibility index (Phi) is 15.3. The number of phenolic OH excluding ortho intramolecular Hbond substituents is 1. The van der Waals surface area contributed by atoms with Crippen LogP contribution in [0.25, 0.3) is 0 Å². The first kappa shape index (κ1) is 37.2. The normalized spacial score (nSPS) is 12.2. The van der Waals surface area contributed by atoms with Crippen molar-refractivity contribution in [3.05, 3.63) is 90.0 Å². The lowest BCUT2D eigenvalue weighted by molar-refractivity contribution is 0.0726. The molecule has 0 heterocycles. The van der Waals surface area contributed by atoms with E-state index in [4.69, 9.17) is 18.6 Å². The van der Waals surface area contributed by atoms with Gasteiger partial charge in [0.25, 0.3) is 0 Å². The van der Waals surface area contributed by atoms with Gasteiger partial charge in [-0.05, 0) is 74.4 Å². The summed E-state index contributed by atoms with van der Waals surface area (Å²) in [7, 11) is -2.27. The number of carbonyl (C=O) groups excluding carboxylic acids is 1. The molecule has 1 N–H and O–H groups in total. The van der Waals surface area contributed by atoms with Gasteiger partial charge in [0, 0.05) is 6.54 Å². The maximum atomic E-state index is 13.8. The summed E-state index contributed by atoms with van der Waals surface area (Å²) in [6.45, 7) is 25.9. The second-order valence-electron chi connectivity index (χ2n) is 11.8. The van der Waals surface area contributed by atoms with Crippen LogP contribution in [-0.4, -0.2) is 56.9 Å². The Morgan fingerprint density at radius 3 is 1.82 bits per heavy atom. The Morgan fingerprint density at radius 2 is 1.36 bits per heavy atom. The average molecular weight is 689 g/mol. The number of benzene rings is 2.